The van der Waals surface area contributed by atoms with Gasteiger partial charge in [0, 0.05) is 18.7 Å². The third-order valence-corrected chi connectivity index (χ3v) is 3.20. The van der Waals surface area contributed by atoms with E-state index in [1.807, 2.05) is 6.07 Å². The fourth-order valence-electron chi connectivity index (χ4n) is 1.94. The average Bonchev–Trinajstić information content (AvgIpc) is 2.70. The summed E-state index contributed by atoms with van der Waals surface area (Å²) in [7, 11) is 0. The lowest BCUT2D eigenvalue weighted by atomic mass is 10.1. The summed E-state index contributed by atoms with van der Waals surface area (Å²) in [5.41, 5.74) is -0.876. The molecule has 1 aromatic carbocycles. The van der Waals surface area contributed by atoms with E-state index >= 15 is 0 Å². The van der Waals surface area contributed by atoms with Gasteiger partial charge in [-0.15, -0.1) is 0 Å². The van der Waals surface area contributed by atoms with Crippen LogP contribution in [0.25, 0.3) is 0 Å². The van der Waals surface area contributed by atoms with Crippen LogP contribution in [0.2, 0.25) is 5.02 Å². The number of hydrogen-bond acceptors (Lipinski definition) is 2. The molecule has 0 N–H and O–H groups in total. The normalized spacial score (nSPS) is 19.6. The van der Waals surface area contributed by atoms with Gasteiger partial charge < -0.3 is 4.90 Å². The monoisotopic (exact) mass is 288 g/mol. The van der Waals surface area contributed by atoms with Crippen LogP contribution < -0.4 is 4.90 Å². The van der Waals surface area contributed by atoms with Crippen molar-refractivity contribution in [2.75, 3.05) is 11.4 Å². The summed E-state index contributed by atoms with van der Waals surface area (Å²) < 4.78 is 38.1. The Kier molecular flexibility index (Phi) is 3.42. The number of nitrogens with zero attached hydrogens (tertiary/aromatic N) is 2. The van der Waals surface area contributed by atoms with Crippen LogP contribution in [0.1, 0.15) is 12.0 Å². The molecule has 1 aliphatic rings. The fourth-order valence-corrected chi connectivity index (χ4v) is 2.17. The highest BCUT2D eigenvalue weighted by atomic mass is 35.5. The second-order valence-corrected chi connectivity index (χ2v) is 4.60. The van der Waals surface area contributed by atoms with Crippen molar-refractivity contribution in [3.63, 3.8) is 0 Å². The van der Waals surface area contributed by atoms with Gasteiger partial charge in [-0.05, 0) is 18.2 Å². The Morgan fingerprint density at radius 1 is 1.42 bits per heavy atom. The van der Waals surface area contributed by atoms with Crippen LogP contribution in [0.5, 0.6) is 0 Å². The first-order valence-electron chi connectivity index (χ1n) is 5.39. The molecule has 100 valence electrons. The van der Waals surface area contributed by atoms with Gasteiger partial charge >= 0.3 is 6.18 Å². The Balaban J connectivity index is 2.38. The zero-order chi connectivity index (χ0) is 14.2. The zero-order valence-electron chi connectivity index (χ0n) is 9.54. The van der Waals surface area contributed by atoms with Crippen LogP contribution in [0.15, 0.2) is 18.2 Å². The number of carbonyl (C=O) groups excluding carboxylic acids is 1. The molecule has 1 atom stereocenters. The van der Waals surface area contributed by atoms with E-state index in [-0.39, 0.29) is 24.6 Å². The molecule has 1 fully saturated rings. The molecule has 1 saturated heterocycles. The predicted molar refractivity (Wildman–Crippen MR) is 62.5 cm³/mol. The number of benzene rings is 1. The van der Waals surface area contributed by atoms with Crippen LogP contribution in [-0.4, -0.2) is 12.5 Å². The molecule has 1 aliphatic heterocycles. The number of alkyl halides is 3. The van der Waals surface area contributed by atoms with E-state index in [0.29, 0.717) is 0 Å². The molecular weight excluding hydrogens is 281 g/mol. The molecule has 1 unspecified atom stereocenters. The maximum Gasteiger partial charge on any atom is 0.417 e. The lowest BCUT2D eigenvalue weighted by Gasteiger charge is -2.18. The summed E-state index contributed by atoms with van der Waals surface area (Å²) >= 11 is 5.50. The number of halogens is 4. The van der Waals surface area contributed by atoms with Gasteiger partial charge in [-0.25, -0.2) is 0 Å². The van der Waals surface area contributed by atoms with E-state index in [1.165, 1.54) is 11.0 Å². The number of anilines is 1. The first-order valence-corrected chi connectivity index (χ1v) is 5.77. The lowest BCUT2D eigenvalue weighted by Crippen LogP contribution is -2.24. The van der Waals surface area contributed by atoms with Crippen LogP contribution in [0.3, 0.4) is 0 Å². The van der Waals surface area contributed by atoms with Crippen LogP contribution in [0, 0.1) is 17.2 Å². The quantitative estimate of drug-likeness (QED) is 0.796. The number of hydrogen-bond donors (Lipinski definition) is 0. The molecule has 1 amide bonds. The van der Waals surface area contributed by atoms with Gasteiger partial charge in [0.2, 0.25) is 5.91 Å². The summed E-state index contributed by atoms with van der Waals surface area (Å²) in [5, 5.41) is 8.33. The van der Waals surface area contributed by atoms with Crippen molar-refractivity contribution in [1.82, 2.24) is 0 Å². The molecule has 7 heteroatoms. The minimum atomic E-state index is -4.58. The number of nitriles is 1. The zero-order valence-corrected chi connectivity index (χ0v) is 10.3. The van der Waals surface area contributed by atoms with Crippen LogP contribution >= 0.6 is 11.6 Å². The highest BCUT2D eigenvalue weighted by molar-refractivity contribution is 6.31. The summed E-state index contributed by atoms with van der Waals surface area (Å²) in [6.07, 6.45) is -4.55. The van der Waals surface area contributed by atoms with Crippen molar-refractivity contribution in [3.05, 3.63) is 28.8 Å². The Morgan fingerprint density at radius 2 is 2.11 bits per heavy atom. The SMILES string of the molecule is N#CC1CC(=O)N(c2ccc(Cl)c(C(F)(F)F)c2)C1. The van der Waals surface area contributed by atoms with Crippen molar-refractivity contribution < 1.29 is 18.0 Å². The third-order valence-electron chi connectivity index (χ3n) is 2.87. The van der Waals surface area contributed by atoms with Gasteiger partial charge in [-0.3, -0.25) is 4.79 Å². The minimum Gasteiger partial charge on any atom is -0.311 e. The number of rotatable bonds is 1. The van der Waals surface area contributed by atoms with Crippen molar-refractivity contribution in [3.8, 4) is 6.07 Å². The van der Waals surface area contributed by atoms with E-state index in [2.05, 4.69) is 0 Å². The maximum absolute atomic E-state index is 12.7. The summed E-state index contributed by atoms with van der Waals surface area (Å²) in [6.45, 7) is 0.105. The number of carbonyl (C=O) groups is 1. The Hall–Kier alpha value is -1.74. The summed E-state index contributed by atoms with van der Waals surface area (Å²) in [5.74, 6) is -0.848. The van der Waals surface area contributed by atoms with E-state index in [4.69, 9.17) is 16.9 Å². The standard InChI is InChI=1S/C12H8ClF3N2O/c13-10-2-1-8(4-9(10)12(14,15)16)18-6-7(5-17)3-11(18)19/h1-2,4,7H,3,6H2. The number of amides is 1. The van der Waals surface area contributed by atoms with Gasteiger partial charge in [0.05, 0.1) is 22.6 Å². The van der Waals surface area contributed by atoms with Crippen molar-refractivity contribution in [1.29, 1.82) is 5.26 Å². The lowest BCUT2D eigenvalue weighted by molar-refractivity contribution is -0.137. The first kappa shape index (κ1) is 13.7. The Morgan fingerprint density at radius 3 is 2.63 bits per heavy atom. The maximum atomic E-state index is 12.7. The molecule has 0 spiro atoms. The molecule has 3 nitrogen and oxygen atoms in total. The molecule has 1 heterocycles. The topological polar surface area (TPSA) is 44.1 Å². The molecule has 2 rings (SSSR count). The van der Waals surface area contributed by atoms with E-state index in [1.54, 1.807) is 0 Å². The summed E-state index contributed by atoms with van der Waals surface area (Å²) in [6, 6.07) is 5.22. The van der Waals surface area contributed by atoms with E-state index < -0.39 is 22.7 Å². The first-order chi connectivity index (χ1) is 8.82. The van der Waals surface area contributed by atoms with Crippen LogP contribution in [0.4, 0.5) is 18.9 Å². The Bertz CT molecular complexity index is 565. The average molecular weight is 289 g/mol. The summed E-state index contributed by atoms with van der Waals surface area (Å²) in [4.78, 5) is 12.8. The molecule has 0 aliphatic carbocycles. The second kappa shape index (κ2) is 4.74. The smallest absolute Gasteiger partial charge is 0.311 e. The molecule has 0 aromatic heterocycles. The molecule has 19 heavy (non-hydrogen) atoms. The van der Waals surface area contributed by atoms with Gasteiger partial charge in [0.15, 0.2) is 0 Å². The van der Waals surface area contributed by atoms with Crippen LogP contribution in [-0.2, 0) is 11.0 Å². The van der Waals surface area contributed by atoms with Crippen molar-refractivity contribution in [2.45, 2.75) is 12.6 Å². The van der Waals surface area contributed by atoms with E-state index in [0.717, 1.165) is 12.1 Å². The molecule has 0 radical (unpaired) electrons. The minimum absolute atomic E-state index is 0.0283. The van der Waals surface area contributed by atoms with Gasteiger partial charge in [-0.2, -0.15) is 18.4 Å². The predicted octanol–water partition coefficient (Wildman–Crippen LogP) is 3.24. The fraction of sp³-hybridized carbons (Fsp3) is 0.333. The molecule has 0 saturated carbocycles. The molecule has 1 aromatic rings. The third kappa shape index (κ3) is 2.66. The highest BCUT2D eigenvalue weighted by Gasteiger charge is 2.36. The van der Waals surface area contributed by atoms with Crippen molar-refractivity contribution >= 4 is 23.2 Å². The molecular formula is C12H8ClF3N2O. The van der Waals surface area contributed by atoms with Gasteiger partial charge in [0.25, 0.3) is 0 Å². The highest BCUT2D eigenvalue weighted by Crippen LogP contribution is 2.37. The van der Waals surface area contributed by atoms with E-state index in [9.17, 15) is 18.0 Å². The largest absolute Gasteiger partial charge is 0.417 e. The van der Waals surface area contributed by atoms with Gasteiger partial charge in [-0.1, -0.05) is 11.6 Å². The molecule has 0 bridgehead atoms. The second-order valence-electron chi connectivity index (χ2n) is 4.20. The van der Waals surface area contributed by atoms with Gasteiger partial charge in [0.1, 0.15) is 0 Å². The Labute approximate surface area is 112 Å². The van der Waals surface area contributed by atoms with Crippen molar-refractivity contribution in [2.24, 2.45) is 5.92 Å².